The zero-order valence-electron chi connectivity index (χ0n) is 9.39. The minimum Gasteiger partial charge on any atom is -0.480 e. The summed E-state index contributed by atoms with van der Waals surface area (Å²) in [4.78, 5) is 21.9. The summed E-state index contributed by atoms with van der Waals surface area (Å²) in [6.45, 7) is -0.377. The third-order valence-electron chi connectivity index (χ3n) is 2.15. The van der Waals surface area contributed by atoms with Crippen LogP contribution < -0.4 is 10.6 Å². The normalized spacial score (nSPS) is 11.7. The highest BCUT2D eigenvalue weighted by Gasteiger charge is 2.18. The maximum Gasteiger partial charge on any atom is 0.328 e. The quantitative estimate of drug-likeness (QED) is 0.642. The molecule has 6 nitrogen and oxygen atoms in total. The van der Waals surface area contributed by atoms with E-state index in [2.05, 4.69) is 26.6 Å². The summed E-state index contributed by atoms with van der Waals surface area (Å²) in [6, 6.07) is 5.39. The van der Waals surface area contributed by atoms with Crippen LogP contribution in [0.15, 0.2) is 28.7 Å². The number of amides is 2. The summed E-state index contributed by atoms with van der Waals surface area (Å²) in [5, 5.41) is 22.0. The van der Waals surface area contributed by atoms with Crippen LogP contribution >= 0.6 is 15.9 Å². The molecule has 18 heavy (non-hydrogen) atoms. The average Bonchev–Trinajstić information content (AvgIpc) is 2.35. The first-order chi connectivity index (χ1) is 8.52. The molecule has 4 N–H and O–H groups in total. The van der Waals surface area contributed by atoms with E-state index in [9.17, 15) is 9.59 Å². The van der Waals surface area contributed by atoms with Crippen LogP contribution in [-0.4, -0.2) is 34.9 Å². The van der Waals surface area contributed by atoms with Gasteiger partial charge in [-0.3, -0.25) is 0 Å². The van der Waals surface area contributed by atoms with Crippen molar-refractivity contribution in [1.29, 1.82) is 0 Å². The van der Waals surface area contributed by atoms with Crippen molar-refractivity contribution in [3.05, 3.63) is 34.3 Å². The number of aliphatic hydroxyl groups excluding tert-OH is 1. The second-order valence-corrected chi connectivity index (χ2v) is 4.44. The zero-order chi connectivity index (χ0) is 13.5. The predicted molar refractivity (Wildman–Crippen MR) is 68.0 cm³/mol. The number of aliphatic hydroxyl groups is 1. The van der Waals surface area contributed by atoms with Gasteiger partial charge in [-0.05, 0) is 17.7 Å². The summed E-state index contributed by atoms with van der Waals surface area (Å²) in [5.74, 6) is -1.28. The van der Waals surface area contributed by atoms with Gasteiger partial charge in [-0.15, -0.1) is 0 Å². The van der Waals surface area contributed by atoms with E-state index >= 15 is 0 Å². The minimum absolute atomic E-state index is 0.275. The molecule has 0 saturated heterocycles. The smallest absolute Gasteiger partial charge is 0.328 e. The lowest BCUT2D eigenvalue weighted by molar-refractivity contribution is -0.140. The molecule has 0 unspecified atom stereocenters. The largest absolute Gasteiger partial charge is 0.480 e. The molecule has 98 valence electrons. The van der Waals surface area contributed by atoms with E-state index in [0.29, 0.717) is 0 Å². The van der Waals surface area contributed by atoms with Crippen LogP contribution in [0.3, 0.4) is 0 Å². The monoisotopic (exact) mass is 316 g/mol. The standard InChI is InChI=1S/C11H13BrN2O4/c12-8-3-1-7(2-4-8)5-13-11(18)14-9(6-15)10(16)17/h1-4,9,15H,5-6H2,(H,16,17)(H2,13,14,18)/t9-/m1/s1. The van der Waals surface area contributed by atoms with E-state index in [4.69, 9.17) is 10.2 Å². The van der Waals surface area contributed by atoms with Crippen LogP contribution in [0.4, 0.5) is 4.79 Å². The Labute approximate surface area is 112 Å². The summed E-state index contributed by atoms with van der Waals surface area (Å²) >= 11 is 3.29. The Morgan fingerprint density at radius 2 is 1.89 bits per heavy atom. The molecule has 0 fully saturated rings. The van der Waals surface area contributed by atoms with Gasteiger partial charge in [0.05, 0.1) is 6.61 Å². The Hall–Kier alpha value is -1.60. The highest BCUT2D eigenvalue weighted by atomic mass is 79.9. The van der Waals surface area contributed by atoms with E-state index in [0.717, 1.165) is 10.0 Å². The first kappa shape index (κ1) is 14.5. The Bertz CT molecular complexity index is 422. The second-order valence-electron chi connectivity index (χ2n) is 3.53. The lowest BCUT2D eigenvalue weighted by Crippen LogP contribution is -2.47. The lowest BCUT2D eigenvalue weighted by atomic mass is 10.2. The lowest BCUT2D eigenvalue weighted by Gasteiger charge is -2.12. The maximum absolute atomic E-state index is 11.4. The van der Waals surface area contributed by atoms with Crippen LogP contribution in [0.1, 0.15) is 5.56 Å². The third kappa shape index (κ3) is 4.72. The SMILES string of the molecule is O=C(NCc1ccc(Br)cc1)N[C@H](CO)C(=O)O. The highest BCUT2D eigenvalue weighted by molar-refractivity contribution is 9.10. The molecule has 1 atom stereocenters. The number of carbonyl (C=O) groups excluding carboxylic acids is 1. The molecule has 0 aliphatic heterocycles. The van der Waals surface area contributed by atoms with Crippen LogP contribution in [-0.2, 0) is 11.3 Å². The number of benzene rings is 1. The molecule has 2 amide bonds. The fourth-order valence-corrected chi connectivity index (χ4v) is 1.44. The maximum atomic E-state index is 11.4. The van der Waals surface area contributed by atoms with E-state index < -0.39 is 24.6 Å². The summed E-state index contributed by atoms with van der Waals surface area (Å²) in [5.41, 5.74) is 0.879. The molecule has 1 rings (SSSR count). The van der Waals surface area contributed by atoms with E-state index in [1.165, 1.54) is 0 Å². The first-order valence-electron chi connectivity index (χ1n) is 5.15. The zero-order valence-corrected chi connectivity index (χ0v) is 11.0. The minimum atomic E-state index is -1.30. The Morgan fingerprint density at radius 3 is 2.39 bits per heavy atom. The Kier molecular flexibility index (Phi) is 5.60. The molecule has 0 radical (unpaired) electrons. The van der Waals surface area contributed by atoms with Crippen LogP contribution in [0, 0.1) is 0 Å². The van der Waals surface area contributed by atoms with Gasteiger partial charge in [-0.2, -0.15) is 0 Å². The van der Waals surface area contributed by atoms with Crippen LogP contribution in [0.5, 0.6) is 0 Å². The fourth-order valence-electron chi connectivity index (χ4n) is 1.18. The van der Waals surface area contributed by atoms with Gasteiger partial charge in [0, 0.05) is 11.0 Å². The van der Waals surface area contributed by atoms with Crippen LogP contribution in [0.25, 0.3) is 0 Å². The predicted octanol–water partition coefficient (Wildman–Crippen LogP) is 0.694. The molecule has 7 heteroatoms. The van der Waals surface area contributed by atoms with Gasteiger partial charge in [0.15, 0.2) is 6.04 Å². The molecule has 1 aromatic rings. The number of carboxylic acids is 1. The van der Waals surface area contributed by atoms with Gasteiger partial charge in [0.2, 0.25) is 0 Å². The molecular weight excluding hydrogens is 304 g/mol. The van der Waals surface area contributed by atoms with Gasteiger partial charge >= 0.3 is 12.0 Å². The van der Waals surface area contributed by atoms with Crippen molar-refractivity contribution >= 4 is 27.9 Å². The number of carbonyl (C=O) groups is 2. The first-order valence-corrected chi connectivity index (χ1v) is 5.94. The molecule has 1 aromatic carbocycles. The number of rotatable bonds is 5. The average molecular weight is 317 g/mol. The Morgan fingerprint density at radius 1 is 1.28 bits per heavy atom. The van der Waals surface area contributed by atoms with E-state index in [1.807, 2.05) is 24.3 Å². The molecule has 0 aliphatic rings. The van der Waals surface area contributed by atoms with E-state index in [1.54, 1.807) is 0 Å². The molecular formula is C11H13BrN2O4. The van der Waals surface area contributed by atoms with Crippen molar-refractivity contribution in [2.75, 3.05) is 6.61 Å². The van der Waals surface area contributed by atoms with Gasteiger partial charge in [0.1, 0.15) is 0 Å². The number of urea groups is 1. The van der Waals surface area contributed by atoms with Gasteiger partial charge in [-0.1, -0.05) is 28.1 Å². The number of halogens is 1. The number of hydrogen-bond acceptors (Lipinski definition) is 3. The number of hydrogen-bond donors (Lipinski definition) is 4. The van der Waals surface area contributed by atoms with Gasteiger partial charge < -0.3 is 20.8 Å². The molecule has 0 aromatic heterocycles. The molecule has 0 aliphatic carbocycles. The second kappa shape index (κ2) is 6.97. The fraction of sp³-hybridized carbons (Fsp3) is 0.273. The molecule has 0 heterocycles. The van der Waals surface area contributed by atoms with Crippen molar-refractivity contribution in [3.8, 4) is 0 Å². The van der Waals surface area contributed by atoms with Crippen molar-refractivity contribution in [1.82, 2.24) is 10.6 Å². The highest BCUT2D eigenvalue weighted by Crippen LogP contribution is 2.10. The van der Waals surface area contributed by atoms with Crippen LogP contribution in [0.2, 0.25) is 0 Å². The topological polar surface area (TPSA) is 98.7 Å². The molecule has 0 spiro atoms. The van der Waals surface area contributed by atoms with Crippen molar-refractivity contribution < 1.29 is 19.8 Å². The summed E-state index contributed by atoms with van der Waals surface area (Å²) in [7, 11) is 0. The van der Waals surface area contributed by atoms with Crippen molar-refractivity contribution in [2.45, 2.75) is 12.6 Å². The van der Waals surface area contributed by atoms with Crippen molar-refractivity contribution in [3.63, 3.8) is 0 Å². The number of nitrogens with one attached hydrogen (secondary N) is 2. The van der Waals surface area contributed by atoms with Gasteiger partial charge in [-0.25, -0.2) is 9.59 Å². The number of carboxylic acid groups (broad SMARTS) is 1. The van der Waals surface area contributed by atoms with Gasteiger partial charge in [0.25, 0.3) is 0 Å². The van der Waals surface area contributed by atoms with E-state index in [-0.39, 0.29) is 6.54 Å². The Balaban J connectivity index is 2.41. The third-order valence-corrected chi connectivity index (χ3v) is 2.68. The number of aliphatic carboxylic acids is 1. The van der Waals surface area contributed by atoms with Crippen molar-refractivity contribution in [2.24, 2.45) is 0 Å². The summed E-state index contributed by atoms with van der Waals surface area (Å²) in [6.07, 6.45) is 0. The molecule has 0 saturated carbocycles. The molecule has 0 bridgehead atoms. The summed E-state index contributed by atoms with van der Waals surface area (Å²) < 4.78 is 0.932.